The molecule has 0 bridgehead atoms. The summed E-state index contributed by atoms with van der Waals surface area (Å²) >= 11 is 0. The fourth-order valence-corrected chi connectivity index (χ4v) is 32.5. The van der Waals surface area contributed by atoms with Gasteiger partial charge >= 0.3 is 390 Å². The van der Waals surface area contributed by atoms with E-state index < -0.39 is 16.1 Å². The summed E-state index contributed by atoms with van der Waals surface area (Å²) in [5.74, 6) is 0. The number of para-hydroxylation sites is 3. The van der Waals surface area contributed by atoms with E-state index in [9.17, 15) is 0 Å². The van der Waals surface area contributed by atoms with Crippen LogP contribution in [0.3, 0.4) is 0 Å². The van der Waals surface area contributed by atoms with Gasteiger partial charge in [-0.05, 0) is 96.6 Å². The van der Waals surface area contributed by atoms with E-state index in [1.54, 1.807) is 0 Å². The minimum absolute atomic E-state index is 0.810. The average molecular weight is 1720 g/mol. The van der Waals surface area contributed by atoms with Crippen LogP contribution in [0.4, 0.5) is 0 Å². The molecule has 6 aromatic heterocycles. The van der Waals surface area contributed by atoms with Gasteiger partial charge in [-0.3, -0.25) is 4.57 Å². The van der Waals surface area contributed by atoms with Crippen molar-refractivity contribution >= 4 is 167 Å². The van der Waals surface area contributed by atoms with E-state index in [0.29, 0.717) is 0 Å². The molecule has 0 fully saturated rings. The van der Waals surface area contributed by atoms with Crippen molar-refractivity contribution in [3.63, 3.8) is 0 Å². The van der Waals surface area contributed by atoms with Crippen molar-refractivity contribution in [1.82, 2.24) is 13.7 Å². The Morgan fingerprint density at radius 3 is 1.12 bits per heavy atom. The molecule has 132 heavy (non-hydrogen) atoms. The van der Waals surface area contributed by atoms with Gasteiger partial charge in [-0.1, -0.05) is 212 Å². The van der Waals surface area contributed by atoms with Gasteiger partial charge in [-0.2, -0.15) is 0 Å². The Balaban J connectivity index is 0.632. The Kier molecular flexibility index (Phi) is 17.9. The molecular formula is C124H82N3O3Si2-. The zero-order chi connectivity index (χ0) is 87.0. The fourth-order valence-electron chi connectivity index (χ4n) is 22.2. The number of hydrogen-bond donors (Lipinski definition) is 0. The smallest absolute Gasteiger partial charge is 0.0544 e. The number of furan rings is 3. The summed E-state index contributed by atoms with van der Waals surface area (Å²) in [4.78, 5) is 0. The number of rotatable bonds is 17. The molecule has 8 heteroatoms. The van der Waals surface area contributed by atoms with Crippen molar-refractivity contribution in [2.24, 2.45) is 0 Å². The summed E-state index contributed by atoms with van der Waals surface area (Å²) < 4.78 is 27.9. The molecule has 0 radical (unpaired) electrons. The van der Waals surface area contributed by atoms with Gasteiger partial charge in [0.15, 0.2) is 8.07 Å². The molecular weight excluding hydrogens is 1640 g/mol. The fraction of sp³-hybridized carbons (Fsp3) is 0. The van der Waals surface area contributed by atoms with Crippen LogP contribution in [0.25, 0.3) is 194 Å². The standard InChI is InChI=1S/C124H82N3O3Si2/c1-9-32-82(33-10-1)87-58-66-115-112(77-87)122-105-55-26-28-57-116(105)130-124(122)127(115)94-63-71-120-110(80-94)108-76-89(61-69-118(108)129-120)85-36-30-38-90(73-85)106-81-102(132(98-47-19-6-20-48-98,99-49-21-7-22-50-99)100-51-23-8-24-52-100)64-65-103(106)91-59-67-114-111(78-91)121-104-54-25-27-56-113(104)125(92-39-11-2-12-40-92)123(121)126(114)93-62-70-119-109(79-93)107-75-88(60-68-117(107)128-119)84-35-29-34-83(72-84)86-37-31-53-101(74-86)131(95-41-13-3-14-42-95,96-43-15-4-16-44-96)97-45-17-5-18-46-97/h1-81,132H/q-1. The molecule has 620 valence electrons. The first-order chi connectivity index (χ1) is 65.4. The molecule has 0 unspecified atom stereocenters. The predicted octanol–water partition coefficient (Wildman–Crippen LogP) is 26.9. The molecule has 0 aliphatic heterocycles. The summed E-state index contributed by atoms with van der Waals surface area (Å²) in [7, 11) is -6.37. The van der Waals surface area contributed by atoms with Crippen LogP contribution in [0.5, 0.6) is 0 Å². The van der Waals surface area contributed by atoms with Gasteiger partial charge in [0.05, 0.1) is 10.9 Å². The summed E-state index contributed by atoms with van der Waals surface area (Å²) in [6.07, 6.45) is 0. The van der Waals surface area contributed by atoms with Crippen molar-refractivity contribution in [3.8, 4) is 83.8 Å². The molecule has 26 rings (SSSR count). The van der Waals surface area contributed by atoms with Gasteiger partial charge < -0.3 is 8.83 Å². The maximum Gasteiger partial charge on any atom is -0.0544 e. The molecule has 0 atom stereocenters. The Hall–Kier alpha value is -16.9. The van der Waals surface area contributed by atoms with Crippen LogP contribution in [-0.2, 0) is 0 Å². The van der Waals surface area contributed by atoms with E-state index in [0.717, 1.165) is 172 Å². The van der Waals surface area contributed by atoms with Crippen LogP contribution in [0.15, 0.2) is 505 Å². The summed E-state index contributed by atoms with van der Waals surface area (Å²) in [6.45, 7) is 0. The largest absolute Gasteiger partial charge is 0.0617 e. The summed E-state index contributed by atoms with van der Waals surface area (Å²) in [5.41, 5.74) is 26.0. The second-order valence-corrected chi connectivity index (χ2v) is 43.4. The van der Waals surface area contributed by atoms with E-state index >= 15 is 0 Å². The number of hydrogen-bond acceptors (Lipinski definition) is 3. The molecule has 0 amide bonds. The molecule has 0 aliphatic rings. The third-order valence-corrected chi connectivity index (χ3v) is 38.4. The molecule has 6 heterocycles. The summed E-state index contributed by atoms with van der Waals surface area (Å²) in [6, 6.07) is 182. The SMILES string of the molecule is c1ccc(-c2ccc3c(c2)c2c4ccccc4oc2n3-c2ccc3oc4ccc(-c5cccc(-c6cc([SiH-](c7ccccc7)(c7ccccc7)c7ccccc7)ccc6-c6ccc7c(c6)c6c8ccccc8n(-c8ccccc8)c6n7-c6ccc7oc8ccc(-c9cccc(-c%10cccc([Si](c%11ccccc%11)(c%11ccccc%11)c%11ccccc%11)c%10)c9)cc8c7c6)c5)cc4c3c2)cc1. The molecule has 0 aliphatic carbocycles. The van der Waals surface area contributed by atoms with Crippen LogP contribution in [-0.4, -0.2) is 29.8 Å². The first-order valence-corrected chi connectivity index (χ1v) is 49.8. The van der Waals surface area contributed by atoms with Crippen molar-refractivity contribution in [1.29, 1.82) is 0 Å². The van der Waals surface area contributed by atoms with E-state index in [1.165, 1.54) is 63.4 Å². The normalized spacial score (nSPS) is 12.2. The van der Waals surface area contributed by atoms with Crippen LogP contribution in [0.2, 0.25) is 0 Å². The number of nitrogens with zero attached hydrogens (tertiary/aromatic N) is 3. The average Bonchev–Trinajstić information content (AvgIpc) is 1.51. The third kappa shape index (κ3) is 12.1. The minimum atomic E-state index is -3.57. The van der Waals surface area contributed by atoms with Gasteiger partial charge in [-0.25, -0.2) is 0 Å². The Morgan fingerprint density at radius 2 is 0.545 bits per heavy atom. The first-order valence-electron chi connectivity index (χ1n) is 45.5. The number of fused-ring (bicyclic) bond motifs is 16. The quantitative estimate of drug-likeness (QED) is 0.0674. The van der Waals surface area contributed by atoms with E-state index in [-0.39, 0.29) is 0 Å². The van der Waals surface area contributed by atoms with E-state index in [1.807, 2.05) is 6.07 Å². The Labute approximate surface area is 764 Å². The van der Waals surface area contributed by atoms with Crippen molar-refractivity contribution < 1.29 is 13.3 Å². The topological polar surface area (TPSA) is 54.2 Å². The molecule has 0 saturated carbocycles. The van der Waals surface area contributed by atoms with Crippen LogP contribution < -0.4 is 41.5 Å². The molecule has 6 nitrogen and oxygen atoms in total. The number of benzene rings is 20. The van der Waals surface area contributed by atoms with Gasteiger partial charge in [0.25, 0.3) is 0 Å². The molecule has 26 aromatic rings. The molecule has 0 saturated heterocycles. The van der Waals surface area contributed by atoms with Gasteiger partial charge in [0, 0.05) is 16.2 Å². The second-order valence-electron chi connectivity index (χ2n) is 35.1. The monoisotopic (exact) mass is 1720 g/mol. The second kappa shape index (κ2) is 31.0. The van der Waals surface area contributed by atoms with Gasteiger partial charge in [0.2, 0.25) is 5.71 Å². The zero-order valence-corrected chi connectivity index (χ0v) is 74.1. The Morgan fingerprint density at radius 1 is 0.182 bits per heavy atom. The molecule has 0 N–H and O–H groups in total. The maximum absolute atomic E-state index is 6.90. The first kappa shape index (κ1) is 76.4. The third-order valence-electron chi connectivity index (χ3n) is 28.1. The predicted molar refractivity (Wildman–Crippen MR) is 558 cm³/mol. The van der Waals surface area contributed by atoms with Crippen LogP contribution in [0.1, 0.15) is 0 Å². The van der Waals surface area contributed by atoms with Crippen LogP contribution in [0, 0.1) is 0 Å². The van der Waals surface area contributed by atoms with E-state index in [4.69, 9.17) is 13.3 Å². The minimum Gasteiger partial charge on any atom is -0.0617 e. The summed E-state index contributed by atoms with van der Waals surface area (Å²) in [5, 5.41) is 21.7. The zero-order valence-electron chi connectivity index (χ0n) is 71.9. The van der Waals surface area contributed by atoms with Crippen LogP contribution >= 0.6 is 0 Å². The maximum atomic E-state index is 6.90. The molecule has 0 spiro atoms. The van der Waals surface area contributed by atoms with E-state index in [2.05, 4.69) is 499 Å². The van der Waals surface area contributed by atoms with Crippen molar-refractivity contribution in [2.75, 3.05) is 0 Å². The molecule has 20 aromatic carbocycles. The van der Waals surface area contributed by atoms with Crippen molar-refractivity contribution in [3.05, 3.63) is 491 Å². The van der Waals surface area contributed by atoms with Gasteiger partial charge in [0.1, 0.15) is 16.7 Å². The van der Waals surface area contributed by atoms with Crippen molar-refractivity contribution in [2.45, 2.75) is 0 Å². The number of aromatic nitrogens is 3. The van der Waals surface area contributed by atoms with Gasteiger partial charge in [-0.15, -0.1) is 0 Å². The Bertz CT molecular complexity index is 8810.